The lowest BCUT2D eigenvalue weighted by Crippen LogP contribution is -2.48. The van der Waals surface area contributed by atoms with Crippen LogP contribution in [0.25, 0.3) is 0 Å². The Bertz CT molecular complexity index is 881. The molecule has 0 unspecified atom stereocenters. The summed E-state index contributed by atoms with van der Waals surface area (Å²) in [5.74, 6) is -1.20. The fourth-order valence-electron chi connectivity index (χ4n) is 2.77. The van der Waals surface area contributed by atoms with E-state index in [9.17, 15) is 4.79 Å². The van der Waals surface area contributed by atoms with Gasteiger partial charge in [-0.15, -0.1) is 0 Å². The molecule has 1 aromatic heterocycles. The molecule has 1 heterocycles. The topological polar surface area (TPSA) is 58.9 Å². The standard InChI is InChI=1S/C15H18N2O/c1-3-11-10-6-9(2)8-15(11,16)12-4-5-14(18)17-13(12)7-10/h3-6,10H,7-8,16H2,1-2H3,(H,17,18)/t10-,15+/m0/s1/i2D3,5D,6D,7D2. The Kier molecular flexibility index (Phi) is 1.23. The van der Waals surface area contributed by atoms with Crippen LogP contribution >= 0.6 is 0 Å². The fourth-order valence-corrected chi connectivity index (χ4v) is 2.77. The first-order chi connectivity index (χ1) is 11.4. The van der Waals surface area contributed by atoms with Gasteiger partial charge in [-0.25, -0.2) is 0 Å². The number of nitrogens with two attached hydrogens (primary N) is 1. The van der Waals surface area contributed by atoms with E-state index < -0.39 is 30.2 Å². The van der Waals surface area contributed by atoms with Gasteiger partial charge in [0, 0.05) is 24.5 Å². The van der Waals surface area contributed by atoms with E-state index in [0.717, 1.165) is 0 Å². The molecule has 2 aliphatic carbocycles. The van der Waals surface area contributed by atoms with Gasteiger partial charge in [0.05, 0.1) is 8.28 Å². The predicted octanol–water partition coefficient (Wildman–Crippen LogP) is 2.00. The van der Waals surface area contributed by atoms with Crippen molar-refractivity contribution in [1.29, 1.82) is 0 Å². The van der Waals surface area contributed by atoms with Crippen LogP contribution in [-0.2, 0) is 11.9 Å². The molecule has 0 spiro atoms. The molecule has 0 saturated carbocycles. The molecule has 0 radical (unpaired) electrons. The summed E-state index contributed by atoms with van der Waals surface area (Å²) in [4.78, 5) is 14.2. The number of allylic oxidation sites excluding steroid dienone is 2. The lowest BCUT2D eigenvalue weighted by molar-refractivity contribution is 0.409. The monoisotopic (exact) mass is 249 g/mol. The number of aromatic amines is 1. The number of fused-ring (bicyclic) bond motifs is 4. The van der Waals surface area contributed by atoms with Crippen LogP contribution in [0.1, 0.15) is 41.0 Å². The highest BCUT2D eigenvalue weighted by Gasteiger charge is 2.43. The van der Waals surface area contributed by atoms with E-state index in [1.165, 1.54) is 6.07 Å². The van der Waals surface area contributed by atoms with Crippen molar-refractivity contribution in [2.75, 3.05) is 0 Å². The van der Waals surface area contributed by atoms with Crippen molar-refractivity contribution in [3.63, 3.8) is 0 Å². The Hall–Kier alpha value is -1.61. The summed E-state index contributed by atoms with van der Waals surface area (Å²) in [7, 11) is 0. The van der Waals surface area contributed by atoms with Crippen molar-refractivity contribution in [3.05, 3.63) is 57.0 Å². The average Bonchev–Trinajstić information content (AvgIpc) is 2.48. The van der Waals surface area contributed by atoms with Crippen LogP contribution in [0.4, 0.5) is 0 Å². The molecule has 18 heavy (non-hydrogen) atoms. The molecule has 3 nitrogen and oxygen atoms in total. The van der Waals surface area contributed by atoms with E-state index in [2.05, 4.69) is 4.98 Å². The third-order valence-corrected chi connectivity index (χ3v) is 3.54. The minimum absolute atomic E-state index is 0.0825. The van der Waals surface area contributed by atoms with Gasteiger partial charge in [0.1, 0.15) is 0 Å². The molecule has 2 bridgehead atoms. The zero-order valence-electron chi connectivity index (χ0n) is 16.9. The van der Waals surface area contributed by atoms with Crippen LogP contribution in [0, 0.1) is 5.92 Å². The van der Waals surface area contributed by atoms with Crippen LogP contribution in [0.5, 0.6) is 0 Å². The lowest BCUT2D eigenvalue weighted by atomic mass is 9.63. The summed E-state index contributed by atoms with van der Waals surface area (Å²) in [6, 6.07) is 0.516. The van der Waals surface area contributed by atoms with Gasteiger partial charge in [0.15, 0.2) is 0 Å². The van der Waals surface area contributed by atoms with Crippen LogP contribution in [0.3, 0.4) is 0 Å². The van der Waals surface area contributed by atoms with Crippen molar-refractivity contribution in [3.8, 4) is 0 Å². The van der Waals surface area contributed by atoms with Crippen molar-refractivity contribution in [1.82, 2.24) is 4.98 Å². The van der Waals surface area contributed by atoms with Crippen LogP contribution < -0.4 is 11.3 Å². The lowest BCUT2D eigenvalue weighted by Gasteiger charge is -2.45. The van der Waals surface area contributed by atoms with E-state index in [1.807, 2.05) is 0 Å². The van der Waals surface area contributed by atoms with Crippen molar-refractivity contribution >= 4 is 0 Å². The molecule has 94 valence electrons. The molecule has 2 atom stereocenters. The third-order valence-electron chi connectivity index (χ3n) is 3.54. The number of hydrogen-bond acceptors (Lipinski definition) is 2. The highest BCUT2D eigenvalue weighted by atomic mass is 16.1. The van der Waals surface area contributed by atoms with Crippen LogP contribution in [0.15, 0.2) is 40.2 Å². The average molecular weight is 249 g/mol. The number of rotatable bonds is 0. The summed E-state index contributed by atoms with van der Waals surface area (Å²) in [5.41, 5.74) is 4.75. The zero-order chi connectivity index (χ0) is 18.9. The van der Waals surface area contributed by atoms with Crippen molar-refractivity contribution in [2.45, 2.75) is 32.1 Å². The number of aromatic nitrogens is 1. The molecule has 1 aromatic rings. The van der Waals surface area contributed by atoms with E-state index in [0.29, 0.717) is 5.57 Å². The minimum Gasteiger partial charge on any atom is -0.326 e. The molecule has 0 aromatic carbocycles. The van der Waals surface area contributed by atoms with Gasteiger partial charge in [-0.2, -0.15) is 0 Å². The third kappa shape index (κ3) is 1.44. The SMILES string of the molecule is [2H]C1=C(C([2H])([2H])[2H])C[C@@]2(N)C(=CC)[C@@H]1C([2H])([2H])c1[nH]c(=O)c([2H])cc12. The highest BCUT2D eigenvalue weighted by molar-refractivity contribution is 5.48. The Morgan fingerprint density at radius 1 is 1.78 bits per heavy atom. The normalized spacial score (nSPS) is 41.8. The molecule has 0 aliphatic heterocycles. The first kappa shape index (κ1) is 6.02. The maximum atomic E-state index is 11.8. The van der Waals surface area contributed by atoms with E-state index >= 15 is 0 Å². The van der Waals surface area contributed by atoms with E-state index in [-0.39, 0.29) is 35.3 Å². The Morgan fingerprint density at radius 2 is 2.61 bits per heavy atom. The molecule has 0 amide bonds. The summed E-state index contributed by atoms with van der Waals surface area (Å²) in [5, 5.41) is 0. The summed E-state index contributed by atoms with van der Waals surface area (Å²) in [6.07, 6.45) is -0.807. The number of H-pyrrole nitrogens is 1. The Labute approximate surface area is 116 Å². The second-order valence-corrected chi connectivity index (χ2v) is 4.62. The summed E-state index contributed by atoms with van der Waals surface area (Å²) in [6.45, 7) is -0.912. The van der Waals surface area contributed by atoms with Crippen LogP contribution in [0.2, 0.25) is 0 Å². The second-order valence-electron chi connectivity index (χ2n) is 4.62. The van der Waals surface area contributed by atoms with Crippen LogP contribution in [-0.4, -0.2) is 4.98 Å². The van der Waals surface area contributed by atoms with E-state index in [4.69, 9.17) is 15.3 Å². The largest absolute Gasteiger partial charge is 0.326 e. The van der Waals surface area contributed by atoms with Gasteiger partial charge in [-0.1, -0.05) is 17.7 Å². The second kappa shape index (κ2) is 3.69. The smallest absolute Gasteiger partial charge is 0.248 e. The highest BCUT2D eigenvalue weighted by Crippen LogP contribution is 2.47. The van der Waals surface area contributed by atoms with Crippen molar-refractivity contribution in [2.24, 2.45) is 11.7 Å². The number of nitrogens with one attached hydrogen (secondary N) is 1. The first-order valence-electron chi connectivity index (χ1n) is 9.26. The quantitative estimate of drug-likeness (QED) is 0.691. The minimum atomic E-state index is -2.57. The molecule has 0 saturated heterocycles. The van der Waals surface area contributed by atoms with Gasteiger partial charge >= 0.3 is 0 Å². The molecular formula is C15H18N2O. The first-order valence-corrected chi connectivity index (χ1v) is 5.76. The molecule has 2 aliphatic rings. The molecule has 3 rings (SSSR count). The molecule has 3 heteroatoms. The zero-order valence-corrected chi connectivity index (χ0v) is 9.92. The van der Waals surface area contributed by atoms with Gasteiger partial charge in [-0.3, -0.25) is 4.79 Å². The van der Waals surface area contributed by atoms with Gasteiger partial charge in [-0.05, 0) is 43.8 Å². The number of hydrogen-bond donors (Lipinski definition) is 2. The van der Waals surface area contributed by atoms with Gasteiger partial charge in [0.25, 0.3) is 0 Å². The number of pyridine rings is 1. The Balaban J connectivity index is 2.45. The van der Waals surface area contributed by atoms with Gasteiger partial charge in [0.2, 0.25) is 5.56 Å². The van der Waals surface area contributed by atoms with Gasteiger partial charge < -0.3 is 10.7 Å². The summed E-state index contributed by atoms with van der Waals surface area (Å²) >= 11 is 0. The Morgan fingerprint density at radius 3 is 3.33 bits per heavy atom. The molecule has 3 N–H and O–H groups in total. The predicted molar refractivity (Wildman–Crippen MR) is 72.3 cm³/mol. The maximum Gasteiger partial charge on any atom is 0.248 e. The molecular weight excluding hydrogens is 224 g/mol. The van der Waals surface area contributed by atoms with Crippen molar-refractivity contribution < 1.29 is 9.60 Å². The van der Waals surface area contributed by atoms with E-state index in [1.54, 1.807) is 13.0 Å². The molecule has 0 fully saturated rings. The fraction of sp³-hybridized carbons (Fsp3) is 0.400. The maximum absolute atomic E-state index is 11.8. The summed E-state index contributed by atoms with van der Waals surface area (Å²) < 4.78 is 56.2.